The number of fused-ring (bicyclic) bond motifs is 1. The van der Waals surface area contributed by atoms with E-state index in [1.807, 2.05) is 6.07 Å². The molecule has 1 atom stereocenters. The average Bonchev–Trinajstić information content (AvgIpc) is 2.29. The predicted molar refractivity (Wildman–Crippen MR) is 77.6 cm³/mol. The van der Waals surface area contributed by atoms with E-state index in [4.69, 9.17) is 16.6 Å². The Bertz CT molecular complexity index is 607. The average molecular weight is 273 g/mol. The van der Waals surface area contributed by atoms with Gasteiger partial charge >= 0.3 is 0 Å². The molecule has 1 aliphatic carbocycles. The maximum Gasteiger partial charge on any atom is 0.138 e. The highest BCUT2D eigenvalue weighted by molar-refractivity contribution is 6.29. The molecule has 1 aromatic heterocycles. The lowest BCUT2D eigenvalue weighted by molar-refractivity contribution is 0.612. The number of nitrogens with zero attached hydrogens (tertiary/aromatic N) is 2. The first-order chi connectivity index (χ1) is 9.13. The molecule has 1 unspecified atom stereocenters. The van der Waals surface area contributed by atoms with Gasteiger partial charge in [0.2, 0.25) is 0 Å². The second-order valence-electron chi connectivity index (χ2n) is 5.59. The van der Waals surface area contributed by atoms with Crippen LogP contribution < -0.4 is 0 Å². The van der Waals surface area contributed by atoms with Crippen LogP contribution in [0, 0.1) is 5.92 Å². The van der Waals surface area contributed by atoms with Crippen LogP contribution in [-0.2, 0) is 12.8 Å². The predicted octanol–water partition coefficient (Wildman–Crippen LogP) is 4.02. The van der Waals surface area contributed by atoms with Crippen LogP contribution in [0.2, 0.25) is 5.15 Å². The zero-order valence-electron chi connectivity index (χ0n) is 11.2. The van der Waals surface area contributed by atoms with Crippen molar-refractivity contribution in [3.8, 4) is 0 Å². The Morgan fingerprint density at radius 2 is 2.05 bits per heavy atom. The fraction of sp³-hybridized carbons (Fsp3) is 0.375. The summed E-state index contributed by atoms with van der Waals surface area (Å²) >= 11 is 6.13. The third kappa shape index (κ3) is 2.50. The van der Waals surface area contributed by atoms with Crippen molar-refractivity contribution in [1.29, 1.82) is 0 Å². The first-order valence-corrected chi connectivity index (χ1v) is 7.12. The van der Waals surface area contributed by atoms with Gasteiger partial charge in [-0.2, -0.15) is 0 Å². The maximum absolute atomic E-state index is 6.13. The summed E-state index contributed by atoms with van der Waals surface area (Å²) in [5.74, 6) is 1.77. The van der Waals surface area contributed by atoms with Gasteiger partial charge in [0.05, 0.1) is 0 Å². The van der Waals surface area contributed by atoms with Crippen molar-refractivity contribution >= 4 is 11.6 Å². The van der Waals surface area contributed by atoms with Gasteiger partial charge in [-0.15, -0.1) is 0 Å². The second-order valence-corrected chi connectivity index (χ2v) is 5.98. The van der Waals surface area contributed by atoms with Crippen molar-refractivity contribution in [3.63, 3.8) is 0 Å². The smallest absolute Gasteiger partial charge is 0.138 e. The van der Waals surface area contributed by atoms with Gasteiger partial charge in [-0.1, -0.05) is 49.7 Å². The summed E-state index contributed by atoms with van der Waals surface area (Å²) in [6.07, 6.45) is 1.97. The molecule has 98 valence electrons. The molecule has 0 aliphatic heterocycles. The number of hydrogen-bond acceptors (Lipinski definition) is 2. The Morgan fingerprint density at radius 3 is 2.79 bits per heavy atom. The molecule has 2 aromatic rings. The quantitative estimate of drug-likeness (QED) is 0.789. The van der Waals surface area contributed by atoms with Crippen LogP contribution in [0.1, 0.15) is 42.4 Å². The van der Waals surface area contributed by atoms with Crippen LogP contribution in [0.25, 0.3) is 0 Å². The largest absolute Gasteiger partial charge is 0.237 e. The standard InChI is InChI=1S/C16H17ClN2/c1-10(2)7-12-9-15(17)19-16(18-12)14-8-11-5-3-4-6-13(11)14/h3-6,9-10,14H,7-8H2,1-2H3. The van der Waals surface area contributed by atoms with E-state index in [1.165, 1.54) is 11.1 Å². The van der Waals surface area contributed by atoms with Gasteiger partial charge in [-0.05, 0) is 36.0 Å². The molecule has 2 nitrogen and oxygen atoms in total. The van der Waals surface area contributed by atoms with Crippen molar-refractivity contribution < 1.29 is 0 Å². The molecule has 0 fully saturated rings. The van der Waals surface area contributed by atoms with Crippen LogP contribution in [0.5, 0.6) is 0 Å². The first-order valence-electron chi connectivity index (χ1n) is 6.74. The van der Waals surface area contributed by atoms with Crippen LogP contribution in [0.15, 0.2) is 30.3 Å². The van der Waals surface area contributed by atoms with Crippen LogP contribution in [0.3, 0.4) is 0 Å². The SMILES string of the molecule is CC(C)Cc1cc(Cl)nc(C2Cc3ccccc32)n1. The minimum atomic E-state index is 0.320. The molecule has 0 spiro atoms. The van der Waals surface area contributed by atoms with Gasteiger partial charge < -0.3 is 0 Å². The van der Waals surface area contributed by atoms with Gasteiger partial charge in [0, 0.05) is 11.6 Å². The summed E-state index contributed by atoms with van der Waals surface area (Å²) < 4.78 is 0. The molecule has 1 aliphatic rings. The fourth-order valence-corrected chi connectivity index (χ4v) is 2.86. The highest BCUT2D eigenvalue weighted by Crippen LogP contribution is 2.38. The number of hydrogen-bond donors (Lipinski definition) is 0. The number of aromatic nitrogens is 2. The summed E-state index contributed by atoms with van der Waals surface area (Å²) in [6, 6.07) is 10.4. The monoisotopic (exact) mass is 272 g/mol. The molecule has 1 aromatic carbocycles. The molecule has 0 saturated carbocycles. The van der Waals surface area contributed by atoms with Crippen molar-refractivity contribution in [3.05, 3.63) is 58.1 Å². The summed E-state index contributed by atoms with van der Waals surface area (Å²) in [4.78, 5) is 9.12. The maximum atomic E-state index is 6.13. The van der Waals surface area contributed by atoms with E-state index in [-0.39, 0.29) is 0 Å². The molecule has 3 rings (SSSR count). The molecule has 19 heavy (non-hydrogen) atoms. The summed E-state index contributed by atoms with van der Waals surface area (Å²) in [5.41, 5.74) is 3.80. The Hall–Kier alpha value is -1.41. The van der Waals surface area contributed by atoms with Gasteiger partial charge in [0.25, 0.3) is 0 Å². The molecular formula is C16H17ClN2. The lowest BCUT2D eigenvalue weighted by atomic mass is 9.77. The van der Waals surface area contributed by atoms with Crippen molar-refractivity contribution in [2.75, 3.05) is 0 Å². The van der Waals surface area contributed by atoms with E-state index in [0.29, 0.717) is 17.0 Å². The van der Waals surface area contributed by atoms with E-state index in [2.05, 4.69) is 43.1 Å². The van der Waals surface area contributed by atoms with Crippen LogP contribution >= 0.6 is 11.6 Å². The van der Waals surface area contributed by atoms with Gasteiger partial charge in [0.15, 0.2) is 0 Å². The van der Waals surface area contributed by atoms with Gasteiger partial charge in [-0.3, -0.25) is 0 Å². The first kappa shape index (κ1) is 12.6. The minimum absolute atomic E-state index is 0.320. The number of halogens is 1. The lowest BCUT2D eigenvalue weighted by Crippen LogP contribution is -2.21. The van der Waals surface area contributed by atoms with Crippen LogP contribution in [0.4, 0.5) is 0 Å². The molecule has 3 heteroatoms. The topological polar surface area (TPSA) is 25.8 Å². The molecular weight excluding hydrogens is 256 g/mol. The fourth-order valence-electron chi connectivity index (χ4n) is 2.65. The van der Waals surface area contributed by atoms with Gasteiger partial charge in [-0.25, -0.2) is 9.97 Å². The third-order valence-electron chi connectivity index (χ3n) is 3.55. The summed E-state index contributed by atoms with van der Waals surface area (Å²) in [7, 11) is 0. The Balaban J connectivity index is 1.92. The highest BCUT2D eigenvalue weighted by atomic mass is 35.5. The van der Waals surface area contributed by atoms with E-state index >= 15 is 0 Å². The third-order valence-corrected chi connectivity index (χ3v) is 3.74. The van der Waals surface area contributed by atoms with Crippen molar-refractivity contribution in [2.45, 2.75) is 32.6 Å². The summed E-state index contributed by atoms with van der Waals surface area (Å²) in [5, 5.41) is 0.560. The van der Waals surface area contributed by atoms with E-state index in [0.717, 1.165) is 24.4 Å². The molecule has 0 bridgehead atoms. The van der Waals surface area contributed by atoms with Crippen LogP contribution in [-0.4, -0.2) is 9.97 Å². The Morgan fingerprint density at radius 1 is 1.26 bits per heavy atom. The lowest BCUT2D eigenvalue weighted by Gasteiger charge is -2.29. The number of rotatable bonds is 3. The Labute approximate surface area is 118 Å². The zero-order chi connectivity index (χ0) is 13.4. The van der Waals surface area contributed by atoms with E-state index < -0.39 is 0 Å². The molecule has 0 N–H and O–H groups in total. The molecule has 1 heterocycles. The highest BCUT2D eigenvalue weighted by Gasteiger charge is 2.29. The minimum Gasteiger partial charge on any atom is -0.237 e. The molecule has 0 radical (unpaired) electrons. The number of benzene rings is 1. The Kier molecular flexibility index (Phi) is 3.28. The van der Waals surface area contributed by atoms with Gasteiger partial charge in [0.1, 0.15) is 11.0 Å². The molecule has 0 saturated heterocycles. The summed E-state index contributed by atoms with van der Waals surface area (Å²) in [6.45, 7) is 4.38. The van der Waals surface area contributed by atoms with Crippen molar-refractivity contribution in [1.82, 2.24) is 9.97 Å². The van der Waals surface area contributed by atoms with Crippen molar-refractivity contribution in [2.24, 2.45) is 5.92 Å². The van der Waals surface area contributed by atoms with E-state index in [9.17, 15) is 0 Å². The normalized spacial score (nSPS) is 17.2. The molecule has 0 amide bonds. The zero-order valence-corrected chi connectivity index (χ0v) is 12.0. The van der Waals surface area contributed by atoms with E-state index in [1.54, 1.807) is 0 Å². The second kappa shape index (κ2) is 4.93.